The molecule has 0 saturated carbocycles. The lowest BCUT2D eigenvalue weighted by Crippen LogP contribution is -2.34. The molecule has 0 aliphatic rings. The third-order valence-electron chi connectivity index (χ3n) is 4.99. The molecule has 0 spiro atoms. The number of hydrogen-bond donors (Lipinski definition) is 3. The smallest absolute Gasteiger partial charge is 0.315 e. The van der Waals surface area contributed by atoms with E-state index >= 15 is 0 Å². The number of amides is 1. The molecular weight excluding hydrogens is 442 g/mol. The Bertz CT molecular complexity index is 1300. The van der Waals surface area contributed by atoms with E-state index in [0.717, 1.165) is 28.6 Å². The molecule has 1 amide bonds. The van der Waals surface area contributed by atoms with Gasteiger partial charge in [-0.2, -0.15) is 14.0 Å². The molecule has 0 radical (unpaired) electrons. The first-order chi connectivity index (χ1) is 16.4. The monoisotopic (exact) mass is 462 g/mol. The second kappa shape index (κ2) is 11.4. The van der Waals surface area contributed by atoms with E-state index in [-0.39, 0.29) is 18.7 Å². The van der Waals surface area contributed by atoms with Crippen molar-refractivity contribution in [1.29, 1.82) is 5.26 Å². The minimum atomic E-state index is -3.18. The van der Waals surface area contributed by atoms with Crippen LogP contribution in [0.25, 0.3) is 0 Å². The van der Waals surface area contributed by atoms with Crippen molar-refractivity contribution in [2.45, 2.75) is 25.2 Å². The van der Waals surface area contributed by atoms with Crippen LogP contribution in [-0.4, -0.2) is 34.0 Å². The Kier molecular flexibility index (Phi) is 8.09. The fourth-order valence-electron chi connectivity index (χ4n) is 3.22. The Morgan fingerprint density at radius 1 is 1.06 bits per heavy atom. The lowest BCUT2D eigenvalue weighted by molar-refractivity contribution is -0.131. The molecule has 3 aromatic rings. The number of carbonyl (C=O) groups is 1. The Hall–Kier alpha value is -4.50. The highest BCUT2D eigenvalue weighted by molar-refractivity contribution is 5.79. The molecule has 0 aliphatic heterocycles. The second-order valence-corrected chi connectivity index (χ2v) is 7.39. The van der Waals surface area contributed by atoms with E-state index in [9.17, 15) is 23.5 Å². The summed E-state index contributed by atoms with van der Waals surface area (Å²) >= 11 is 0. The van der Waals surface area contributed by atoms with Crippen LogP contribution in [0.4, 0.5) is 8.78 Å². The van der Waals surface area contributed by atoms with Crippen molar-refractivity contribution in [3.8, 4) is 23.7 Å². The maximum absolute atomic E-state index is 12.6. The maximum atomic E-state index is 12.6. The number of hydrogen-bond acceptors (Lipinski definition) is 5. The molecule has 1 aromatic heterocycles. The summed E-state index contributed by atoms with van der Waals surface area (Å²) in [5.41, 5.74) is 2.46. The number of nitriles is 1. The number of carbonyl (C=O) groups excluding carboxylic acids is 1. The Morgan fingerprint density at radius 2 is 1.65 bits per heavy atom. The molecule has 3 N–H and O–H groups in total. The number of aromatic amines is 1. The number of aromatic hydroxyl groups is 1. The molecule has 1 unspecified atom stereocenters. The quantitative estimate of drug-likeness (QED) is 0.467. The van der Waals surface area contributed by atoms with Crippen LogP contribution in [0.2, 0.25) is 0 Å². The summed E-state index contributed by atoms with van der Waals surface area (Å²) in [6.07, 6.45) is -1.51. The van der Waals surface area contributed by atoms with Crippen molar-refractivity contribution < 1.29 is 18.7 Å². The lowest BCUT2D eigenvalue weighted by Gasteiger charge is -2.18. The summed E-state index contributed by atoms with van der Waals surface area (Å²) in [7, 11) is 0. The van der Waals surface area contributed by atoms with Gasteiger partial charge in [0.1, 0.15) is 0 Å². The molecule has 1 atom stereocenters. The van der Waals surface area contributed by atoms with Gasteiger partial charge in [0.15, 0.2) is 0 Å². The van der Waals surface area contributed by atoms with Gasteiger partial charge in [-0.05, 0) is 41.8 Å². The predicted octanol–water partition coefficient (Wildman–Crippen LogP) is 2.65. The number of halogens is 2. The van der Waals surface area contributed by atoms with E-state index in [1.54, 1.807) is 24.3 Å². The van der Waals surface area contributed by atoms with Crippen LogP contribution in [0.3, 0.4) is 0 Å². The topological polar surface area (TPSA) is 119 Å². The van der Waals surface area contributed by atoms with Crippen molar-refractivity contribution in [3.05, 3.63) is 93.2 Å². The molecule has 9 heteroatoms. The van der Waals surface area contributed by atoms with Gasteiger partial charge < -0.3 is 15.4 Å². The van der Waals surface area contributed by atoms with Crippen LogP contribution < -0.4 is 10.9 Å². The first kappa shape index (κ1) is 24.1. The maximum Gasteiger partial charge on any atom is 0.315 e. The molecule has 0 saturated heterocycles. The molecule has 0 aliphatic carbocycles. The van der Waals surface area contributed by atoms with Crippen LogP contribution in [0.5, 0.6) is 5.75 Å². The number of nitrogens with one attached hydrogen (secondary N) is 2. The van der Waals surface area contributed by atoms with Crippen molar-refractivity contribution in [2.75, 3.05) is 6.54 Å². The van der Waals surface area contributed by atoms with Gasteiger partial charge in [0, 0.05) is 23.6 Å². The number of alkyl halides is 2. The van der Waals surface area contributed by atoms with Gasteiger partial charge in [0.05, 0.1) is 24.5 Å². The number of aromatic nitrogens is 2. The third kappa shape index (κ3) is 6.50. The highest BCUT2D eigenvalue weighted by atomic mass is 19.3. The molecule has 3 rings (SSSR count). The van der Waals surface area contributed by atoms with Crippen LogP contribution in [0, 0.1) is 23.2 Å². The Balaban J connectivity index is 1.75. The van der Waals surface area contributed by atoms with Gasteiger partial charge in [-0.1, -0.05) is 36.1 Å². The first-order valence-corrected chi connectivity index (χ1v) is 10.3. The highest BCUT2D eigenvalue weighted by Gasteiger charge is 2.23. The summed E-state index contributed by atoms with van der Waals surface area (Å²) in [6, 6.07) is 16.6. The molecule has 34 heavy (non-hydrogen) atoms. The largest absolute Gasteiger partial charge is 0.502 e. The minimum absolute atomic E-state index is 0.00188. The Labute approximate surface area is 194 Å². The minimum Gasteiger partial charge on any atom is -0.502 e. The van der Waals surface area contributed by atoms with Gasteiger partial charge >= 0.3 is 6.43 Å². The molecular formula is C25H20F2N4O3. The van der Waals surface area contributed by atoms with Crippen LogP contribution in [0.1, 0.15) is 33.9 Å². The lowest BCUT2D eigenvalue weighted by atomic mass is 9.94. The van der Waals surface area contributed by atoms with Crippen molar-refractivity contribution >= 4 is 5.91 Å². The van der Waals surface area contributed by atoms with E-state index in [4.69, 9.17) is 5.26 Å². The molecule has 2 aromatic carbocycles. The van der Waals surface area contributed by atoms with E-state index in [1.807, 2.05) is 24.3 Å². The Morgan fingerprint density at radius 3 is 2.21 bits per heavy atom. The van der Waals surface area contributed by atoms with E-state index in [0.29, 0.717) is 6.42 Å². The first-order valence-electron chi connectivity index (χ1n) is 10.3. The summed E-state index contributed by atoms with van der Waals surface area (Å²) in [5, 5.41) is 20.9. The number of nitrogens with zero attached hydrogens (tertiary/aromatic N) is 2. The summed E-state index contributed by atoms with van der Waals surface area (Å²) in [5.74, 6) is 3.30. The van der Waals surface area contributed by atoms with E-state index < -0.39 is 29.6 Å². The summed E-state index contributed by atoms with van der Waals surface area (Å²) in [6.45, 7) is -0.240. The zero-order chi connectivity index (χ0) is 24.5. The van der Waals surface area contributed by atoms with E-state index in [2.05, 4.69) is 33.2 Å². The summed E-state index contributed by atoms with van der Waals surface area (Å²) < 4.78 is 25.2. The third-order valence-corrected chi connectivity index (χ3v) is 4.99. The predicted molar refractivity (Wildman–Crippen MR) is 120 cm³/mol. The second-order valence-electron chi connectivity index (χ2n) is 7.39. The number of rotatable bonds is 7. The average Bonchev–Trinajstić information content (AvgIpc) is 2.84. The van der Waals surface area contributed by atoms with Gasteiger partial charge in [-0.25, -0.2) is 4.98 Å². The van der Waals surface area contributed by atoms with Crippen molar-refractivity contribution in [2.24, 2.45) is 0 Å². The molecule has 0 bridgehead atoms. The van der Waals surface area contributed by atoms with Gasteiger partial charge in [0.25, 0.3) is 11.5 Å². The number of H-pyrrole nitrogens is 1. The van der Waals surface area contributed by atoms with Crippen LogP contribution >= 0.6 is 0 Å². The zero-order valence-electron chi connectivity index (χ0n) is 17.9. The molecule has 0 fully saturated rings. The average molecular weight is 462 g/mol. The fourth-order valence-corrected chi connectivity index (χ4v) is 3.22. The zero-order valence-corrected chi connectivity index (χ0v) is 17.9. The fraction of sp³-hybridized carbons (Fsp3) is 0.200. The molecule has 7 nitrogen and oxygen atoms in total. The van der Waals surface area contributed by atoms with E-state index in [1.165, 1.54) is 0 Å². The SMILES string of the molecule is N#CCc1ccc(C#Cc2ccc(CC(CNC(=O)C(F)F)c3nc[nH]c(=O)c3O)cc2)cc1. The standard InChI is InChI=1S/C25H20F2N4O3/c26-23(27)25(34)29-14-20(21-22(32)24(33)31-15-30-21)13-19-9-7-17(8-10-19)2-1-16-3-5-18(6-4-16)11-12-28/h3-10,15,20,23,32H,11,13-14H2,(H,29,34)(H,30,31,33). The van der Waals surface area contributed by atoms with Crippen molar-refractivity contribution in [1.82, 2.24) is 15.3 Å². The molecule has 1 heterocycles. The normalized spacial score (nSPS) is 11.2. The summed E-state index contributed by atoms with van der Waals surface area (Å²) in [4.78, 5) is 29.3. The van der Waals surface area contributed by atoms with Crippen LogP contribution in [0.15, 0.2) is 59.7 Å². The van der Waals surface area contributed by atoms with Crippen molar-refractivity contribution in [3.63, 3.8) is 0 Å². The van der Waals surface area contributed by atoms with Gasteiger partial charge in [-0.15, -0.1) is 0 Å². The van der Waals surface area contributed by atoms with Crippen LogP contribution in [-0.2, 0) is 17.6 Å². The van der Waals surface area contributed by atoms with Gasteiger partial charge in [-0.3, -0.25) is 9.59 Å². The molecule has 172 valence electrons. The highest BCUT2D eigenvalue weighted by Crippen LogP contribution is 2.24. The number of benzene rings is 2. The van der Waals surface area contributed by atoms with Gasteiger partial charge in [0.2, 0.25) is 5.75 Å².